The van der Waals surface area contributed by atoms with E-state index in [0.717, 1.165) is 39.0 Å². The van der Waals surface area contributed by atoms with Gasteiger partial charge >= 0.3 is 0 Å². The predicted molar refractivity (Wildman–Crippen MR) is 225 cm³/mol. The molecular weight excluding hydrogens is 671 g/mol. The van der Waals surface area contributed by atoms with Crippen molar-refractivity contribution >= 4 is 102 Å². The fraction of sp³-hybridized carbons (Fsp3) is 0. The van der Waals surface area contributed by atoms with E-state index in [0.29, 0.717) is 0 Å². The van der Waals surface area contributed by atoms with Gasteiger partial charge in [0.05, 0.1) is 16.1 Å². The maximum Gasteiger partial charge on any atom is 0.136 e. The van der Waals surface area contributed by atoms with Crippen LogP contribution >= 0.6 is 22.7 Å². The number of hydrogen-bond donors (Lipinski definition) is 0. The molecule has 3 heterocycles. The molecule has 0 aliphatic heterocycles. The molecule has 0 aliphatic carbocycles. The van der Waals surface area contributed by atoms with Crippen molar-refractivity contribution in [1.82, 2.24) is 0 Å². The van der Waals surface area contributed by atoms with Gasteiger partial charge in [0.15, 0.2) is 0 Å². The average Bonchev–Trinajstić information content (AvgIpc) is 3.91. The van der Waals surface area contributed by atoms with E-state index in [1.807, 2.05) is 22.7 Å². The van der Waals surface area contributed by atoms with Crippen LogP contribution < -0.4 is 4.90 Å². The minimum Gasteiger partial charge on any atom is -0.456 e. The first-order valence-corrected chi connectivity index (χ1v) is 19.1. The first-order chi connectivity index (χ1) is 25.8. The van der Waals surface area contributed by atoms with Crippen LogP contribution in [0.15, 0.2) is 180 Å². The number of rotatable bonds is 5. The van der Waals surface area contributed by atoms with Crippen molar-refractivity contribution in [2.24, 2.45) is 0 Å². The van der Waals surface area contributed by atoms with Crippen molar-refractivity contribution in [3.63, 3.8) is 0 Å². The fourth-order valence-electron chi connectivity index (χ4n) is 7.97. The molecule has 0 radical (unpaired) electrons. The molecule has 4 heteroatoms. The smallest absolute Gasteiger partial charge is 0.136 e. The zero-order chi connectivity index (χ0) is 34.2. The Balaban J connectivity index is 1.25. The molecule has 0 bridgehead atoms. The maximum atomic E-state index is 6.54. The molecule has 3 aromatic heterocycles. The Hall–Kier alpha value is -6.20. The molecule has 0 N–H and O–H groups in total. The molecule has 0 aliphatic rings. The molecule has 11 rings (SSSR count). The minimum absolute atomic E-state index is 0.882. The summed E-state index contributed by atoms with van der Waals surface area (Å²) in [6, 6.07) is 63.6. The van der Waals surface area contributed by atoms with Gasteiger partial charge < -0.3 is 9.32 Å². The van der Waals surface area contributed by atoms with Crippen molar-refractivity contribution in [2.75, 3.05) is 4.90 Å². The Morgan fingerprint density at radius 2 is 1.04 bits per heavy atom. The van der Waals surface area contributed by atoms with Gasteiger partial charge in [0.25, 0.3) is 0 Å². The highest BCUT2D eigenvalue weighted by molar-refractivity contribution is 7.27. The van der Waals surface area contributed by atoms with E-state index in [1.165, 1.54) is 62.6 Å². The normalized spacial score (nSPS) is 11.8. The summed E-state index contributed by atoms with van der Waals surface area (Å²) in [5.41, 5.74) is 10.0. The molecule has 0 saturated carbocycles. The van der Waals surface area contributed by atoms with Crippen LogP contribution in [0.4, 0.5) is 17.1 Å². The van der Waals surface area contributed by atoms with E-state index in [2.05, 4.69) is 181 Å². The van der Waals surface area contributed by atoms with Crippen LogP contribution in [0.1, 0.15) is 0 Å². The summed E-state index contributed by atoms with van der Waals surface area (Å²) in [5.74, 6) is 0. The Kier molecular flexibility index (Phi) is 6.63. The summed E-state index contributed by atoms with van der Waals surface area (Å²) in [5, 5.41) is 7.34. The Bertz CT molecular complexity index is 3130. The predicted octanol–water partition coefficient (Wildman–Crippen LogP) is 15.1. The largest absolute Gasteiger partial charge is 0.456 e. The molecule has 52 heavy (non-hydrogen) atoms. The van der Waals surface area contributed by atoms with Crippen molar-refractivity contribution in [1.29, 1.82) is 0 Å². The maximum absolute atomic E-state index is 6.54. The first-order valence-electron chi connectivity index (χ1n) is 17.5. The summed E-state index contributed by atoms with van der Waals surface area (Å²) in [6.45, 7) is 0. The molecule has 0 saturated heterocycles. The fourth-order valence-corrected chi connectivity index (χ4v) is 10.4. The highest BCUT2D eigenvalue weighted by atomic mass is 32.1. The van der Waals surface area contributed by atoms with Crippen LogP contribution in [0.2, 0.25) is 0 Å². The van der Waals surface area contributed by atoms with Crippen LogP contribution in [0.5, 0.6) is 0 Å². The van der Waals surface area contributed by atoms with Crippen molar-refractivity contribution in [2.45, 2.75) is 0 Å². The molecule has 0 fully saturated rings. The number of hydrogen-bond acceptors (Lipinski definition) is 4. The summed E-state index contributed by atoms with van der Waals surface area (Å²) in [7, 11) is 0. The van der Waals surface area contributed by atoms with Gasteiger partial charge in [-0.1, -0.05) is 127 Å². The molecule has 2 nitrogen and oxygen atoms in total. The number of anilines is 3. The van der Waals surface area contributed by atoms with Crippen LogP contribution in [0.3, 0.4) is 0 Å². The first kappa shape index (κ1) is 29.5. The highest BCUT2D eigenvalue weighted by Gasteiger charge is 2.24. The van der Waals surface area contributed by atoms with Gasteiger partial charge in [0.2, 0.25) is 0 Å². The molecule has 0 spiro atoms. The van der Waals surface area contributed by atoms with Crippen LogP contribution in [-0.2, 0) is 0 Å². The zero-order valence-corrected chi connectivity index (χ0v) is 29.5. The van der Waals surface area contributed by atoms with Crippen LogP contribution in [0, 0.1) is 0 Å². The van der Waals surface area contributed by atoms with Crippen LogP contribution in [0.25, 0.3) is 84.5 Å². The van der Waals surface area contributed by atoms with Crippen molar-refractivity contribution in [3.05, 3.63) is 176 Å². The lowest BCUT2D eigenvalue weighted by Crippen LogP contribution is -2.10. The van der Waals surface area contributed by atoms with Crippen LogP contribution in [-0.4, -0.2) is 0 Å². The van der Waals surface area contributed by atoms with Crippen molar-refractivity contribution in [3.8, 4) is 22.3 Å². The third-order valence-corrected chi connectivity index (χ3v) is 12.7. The molecular formula is C48H29NOS2. The number of fused-ring (bicyclic) bond motifs is 9. The van der Waals surface area contributed by atoms with E-state index < -0.39 is 0 Å². The van der Waals surface area contributed by atoms with Gasteiger partial charge in [-0.3, -0.25) is 0 Å². The topological polar surface area (TPSA) is 16.4 Å². The second-order valence-electron chi connectivity index (χ2n) is 13.2. The lowest BCUT2D eigenvalue weighted by Gasteiger charge is -2.27. The Morgan fingerprint density at radius 3 is 1.85 bits per heavy atom. The molecule has 8 aromatic carbocycles. The van der Waals surface area contributed by atoms with E-state index in [-0.39, 0.29) is 0 Å². The summed E-state index contributed by atoms with van der Waals surface area (Å²) >= 11 is 3.75. The highest BCUT2D eigenvalue weighted by Crippen LogP contribution is 2.51. The van der Waals surface area contributed by atoms with Gasteiger partial charge in [0, 0.05) is 52.1 Å². The van der Waals surface area contributed by atoms with E-state index in [9.17, 15) is 0 Å². The number of thiophene rings is 2. The summed E-state index contributed by atoms with van der Waals surface area (Å²) in [4.78, 5) is 2.50. The second-order valence-corrected chi connectivity index (χ2v) is 15.3. The van der Waals surface area contributed by atoms with Gasteiger partial charge in [-0.2, -0.15) is 0 Å². The second kappa shape index (κ2) is 11.7. The Morgan fingerprint density at radius 1 is 0.385 bits per heavy atom. The minimum atomic E-state index is 0.882. The summed E-state index contributed by atoms with van der Waals surface area (Å²) in [6.07, 6.45) is 0. The van der Waals surface area contributed by atoms with Gasteiger partial charge in [-0.15, -0.1) is 22.7 Å². The van der Waals surface area contributed by atoms with Gasteiger partial charge in [-0.05, 0) is 70.8 Å². The molecule has 11 aromatic rings. The SMILES string of the molecule is c1ccc(-c2ccc(N(c3ccc4oc5cccc(-c6ccccc6)c5c4c3)c3cccc4c3sc3ccccc34)c3c2sc2ccccc23)cc1. The lowest BCUT2D eigenvalue weighted by molar-refractivity contribution is 0.669. The third kappa shape index (κ3) is 4.48. The van der Waals surface area contributed by atoms with E-state index >= 15 is 0 Å². The quantitative estimate of drug-likeness (QED) is 0.178. The van der Waals surface area contributed by atoms with Gasteiger partial charge in [0.1, 0.15) is 11.2 Å². The Labute approximate surface area is 308 Å². The molecule has 0 amide bonds. The standard InChI is InChI=1S/C48H29NOS2/c1-3-13-30(14-4-1)33-19-12-22-42-45(33)38-29-32(25-28-41(38)50-42)49(40-21-11-20-36-35-17-7-9-23-43(35)51-47(36)40)39-27-26-34(31-15-5-2-6-16-31)48-46(39)37-18-8-10-24-44(37)52-48/h1-29H. The molecule has 0 unspecified atom stereocenters. The average molecular weight is 700 g/mol. The van der Waals surface area contributed by atoms with Crippen molar-refractivity contribution < 1.29 is 4.42 Å². The molecule has 244 valence electrons. The number of furan rings is 1. The third-order valence-electron chi connectivity index (χ3n) is 10.3. The zero-order valence-electron chi connectivity index (χ0n) is 27.9. The summed E-state index contributed by atoms with van der Waals surface area (Å²) < 4.78 is 11.7. The monoisotopic (exact) mass is 699 g/mol. The lowest BCUT2D eigenvalue weighted by atomic mass is 9.98. The van der Waals surface area contributed by atoms with E-state index in [4.69, 9.17) is 4.42 Å². The van der Waals surface area contributed by atoms with Gasteiger partial charge in [-0.25, -0.2) is 0 Å². The molecule has 0 atom stereocenters. The van der Waals surface area contributed by atoms with E-state index in [1.54, 1.807) is 0 Å². The number of nitrogens with zero attached hydrogens (tertiary/aromatic N) is 1. The number of benzene rings is 8.